The van der Waals surface area contributed by atoms with Crippen molar-refractivity contribution in [3.05, 3.63) is 0 Å². The number of rotatable bonds is 6. The summed E-state index contributed by atoms with van der Waals surface area (Å²) in [6.45, 7) is 6.16. The number of carbonyl (C=O) groups is 3. The van der Waals surface area contributed by atoms with E-state index in [1.54, 1.807) is 9.80 Å². The quantitative estimate of drug-likeness (QED) is 0.603. The van der Waals surface area contributed by atoms with E-state index >= 15 is 0 Å². The number of amides is 3. The number of urea groups is 1. The molecule has 21 heavy (non-hydrogen) atoms. The fraction of sp³-hybridized carbons (Fsp3) is 0.769. The molecule has 0 bridgehead atoms. The first-order valence-corrected chi connectivity index (χ1v) is 7.14. The Morgan fingerprint density at radius 3 is 2.29 bits per heavy atom. The highest BCUT2D eigenvalue weighted by Crippen LogP contribution is 2.01. The van der Waals surface area contributed by atoms with E-state index in [1.807, 2.05) is 13.8 Å². The summed E-state index contributed by atoms with van der Waals surface area (Å²) in [7, 11) is 0. The normalized spacial score (nSPS) is 15.9. The van der Waals surface area contributed by atoms with Gasteiger partial charge in [-0.1, -0.05) is 0 Å². The molecule has 1 aliphatic heterocycles. The van der Waals surface area contributed by atoms with Crippen LogP contribution in [0.5, 0.6) is 0 Å². The molecule has 8 nitrogen and oxygen atoms in total. The van der Waals surface area contributed by atoms with Gasteiger partial charge < -0.3 is 20.6 Å². The smallest absolute Gasteiger partial charge is 0.317 e. The summed E-state index contributed by atoms with van der Waals surface area (Å²) in [6, 6.07) is -0.113. The zero-order chi connectivity index (χ0) is 15.8. The van der Waals surface area contributed by atoms with Crippen molar-refractivity contribution in [2.24, 2.45) is 0 Å². The van der Waals surface area contributed by atoms with Gasteiger partial charge in [0.15, 0.2) is 0 Å². The molecule has 120 valence electrons. The highest BCUT2D eigenvalue weighted by Gasteiger charge is 2.21. The van der Waals surface area contributed by atoms with E-state index in [-0.39, 0.29) is 30.9 Å². The number of carbonyl (C=O) groups excluding carboxylic acids is 2. The Balaban J connectivity index is 2.19. The number of carboxylic acids is 1. The van der Waals surface area contributed by atoms with Crippen LogP contribution in [0.1, 0.15) is 20.3 Å². The Hall–Kier alpha value is -1.83. The van der Waals surface area contributed by atoms with E-state index in [0.717, 1.165) is 0 Å². The van der Waals surface area contributed by atoms with Crippen LogP contribution >= 0.6 is 0 Å². The van der Waals surface area contributed by atoms with E-state index in [4.69, 9.17) is 5.11 Å². The third-order valence-electron chi connectivity index (χ3n) is 3.10. The van der Waals surface area contributed by atoms with Gasteiger partial charge in [-0.25, -0.2) is 4.79 Å². The lowest BCUT2D eigenvalue weighted by atomic mass is 10.3. The second-order valence-corrected chi connectivity index (χ2v) is 5.36. The minimum Gasteiger partial charge on any atom is -0.480 e. The van der Waals surface area contributed by atoms with E-state index in [0.29, 0.717) is 32.7 Å². The lowest BCUT2D eigenvalue weighted by molar-refractivity contribution is -0.138. The van der Waals surface area contributed by atoms with E-state index in [2.05, 4.69) is 10.6 Å². The number of nitrogens with zero attached hydrogens (tertiary/aromatic N) is 2. The van der Waals surface area contributed by atoms with Gasteiger partial charge in [0.05, 0.1) is 6.54 Å². The molecule has 1 rings (SSSR count). The molecule has 0 atom stereocenters. The Morgan fingerprint density at radius 2 is 1.76 bits per heavy atom. The molecule has 8 heteroatoms. The molecule has 1 saturated heterocycles. The van der Waals surface area contributed by atoms with Crippen molar-refractivity contribution in [3.63, 3.8) is 0 Å². The number of nitrogens with one attached hydrogen (secondary N) is 2. The van der Waals surface area contributed by atoms with Gasteiger partial charge in [0, 0.05) is 45.2 Å². The van der Waals surface area contributed by atoms with E-state index < -0.39 is 5.97 Å². The van der Waals surface area contributed by atoms with Crippen LogP contribution < -0.4 is 10.6 Å². The summed E-state index contributed by atoms with van der Waals surface area (Å²) in [5.74, 6) is -0.944. The number of carboxylic acid groups (broad SMARTS) is 1. The molecular weight excluding hydrogens is 276 g/mol. The molecule has 0 spiro atoms. The monoisotopic (exact) mass is 300 g/mol. The molecule has 0 aromatic rings. The maximum Gasteiger partial charge on any atom is 0.317 e. The van der Waals surface area contributed by atoms with Gasteiger partial charge in [-0.3, -0.25) is 14.5 Å². The molecule has 0 aromatic carbocycles. The number of aliphatic carboxylic acids is 1. The summed E-state index contributed by atoms with van der Waals surface area (Å²) in [4.78, 5) is 37.3. The van der Waals surface area contributed by atoms with Crippen LogP contribution in [0.15, 0.2) is 0 Å². The molecule has 1 fully saturated rings. The zero-order valence-electron chi connectivity index (χ0n) is 12.6. The predicted molar refractivity (Wildman–Crippen MR) is 76.9 cm³/mol. The second-order valence-electron chi connectivity index (χ2n) is 5.36. The minimum absolute atomic E-state index is 0.00479. The molecule has 1 heterocycles. The number of hydrogen-bond donors (Lipinski definition) is 3. The Labute approximate surface area is 124 Å². The summed E-state index contributed by atoms with van der Waals surface area (Å²) in [6.07, 6.45) is 0.253. The topological polar surface area (TPSA) is 102 Å². The van der Waals surface area contributed by atoms with Gasteiger partial charge in [-0.2, -0.15) is 0 Å². The van der Waals surface area contributed by atoms with Crippen molar-refractivity contribution in [1.29, 1.82) is 0 Å². The minimum atomic E-state index is -0.857. The lowest BCUT2D eigenvalue weighted by Gasteiger charge is -2.33. The Morgan fingerprint density at radius 1 is 1.14 bits per heavy atom. The summed E-state index contributed by atoms with van der Waals surface area (Å²) < 4.78 is 0. The van der Waals surface area contributed by atoms with Crippen molar-refractivity contribution < 1.29 is 19.5 Å². The lowest BCUT2D eigenvalue weighted by Crippen LogP contribution is -2.52. The molecule has 3 N–H and O–H groups in total. The number of hydrogen-bond acceptors (Lipinski definition) is 4. The highest BCUT2D eigenvalue weighted by atomic mass is 16.4. The zero-order valence-corrected chi connectivity index (χ0v) is 12.6. The fourth-order valence-corrected chi connectivity index (χ4v) is 2.09. The van der Waals surface area contributed by atoms with E-state index in [9.17, 15) is 14.4 Å². The van der Waals surface area contributed by atoms with Crippen LogP contribution in [-0.2, 0) is 9.59 Å². The van der Waals surface area contributed by atoms with Crippen LogP contribution in [0, 0.1) is 0 Å². The van der Waals surface area contributed by atoms with Gasteiger partial charge in [-0.15, -0.1) is 0 Å². The van der Waals surface area contributed by atoms with E-state index in [1.165, 1.54) is 0 Å². The molecule has 0 radical (unpaired) electrons. The average Bonchev–Trinajstić information content (AvgIpc) is 2.37. The van der Waals surface area contributed by atoms with Gasteiger partial charge >= 0.3 is 12.0 Å². The third-order valence-corrected chi connectivity index (χ3v) is 3.10. The summed E-state index contributed by atoms with van der Waals surface area (Å²) >= 11 is 0. The van der Waals surface area contributed by atoms with Crippen molar-refractivity contribution in [2.45, 2.75) is 26.3 Å². The van der Waals surface area contributed by atoms with Crippen LogP contribution in [0.2, 0.25) is 0 Å². The number of piperazine rings is 1. The standard InChI is InChI=1S/C13H24N4O4/c1-10(2)15-11(18)3-4-14-13(21)17-7-5-16(6-8-17)9-12(19)20/h10H,3-9H2,1-2H3,(H,14,21)(H,15,18)(H,19,20). The highest BCUT2D eigenvalue weighted by molar-refractivity contribution is 5.78. The fourth-order valence-electron chi connectivity index (χ4n) is 2.09. The molecule has 0 aromatic heterocycles. The second kappa shape index (κ2) is 8.46. The molecule has 1 aliphatic rings. The third kappa shape index (κ3) is 6.94. The van der Waals surface area contributed by atoms with Crippen molar-refractivity contribution >= 4 is 17.9 Å². The largest absolute Gasteiger partial charge is 0.480 e. The van der Waals surface area contributed by atoms with Gasteiger partial charge in [0.2, 0.25) is 5.91 Å². The predicted octanol–water partition coefficient (Wildman–Crippen LogP) is -0.687. The molecule has 3 amide bonds. The first kappa shape index (κ1) is 17.2. The SMILES string of the molecule is CC(C)NC(=O)CCNC(=O)N1CCN(CC(=O)O)CC1. The van der Waals surface area contributed by atoms with Crippen molar-refractivity contribution in [2.75, 3.05) is 39.3 Å². The van der Waals surface area contributed by atoms with Crippen LogP contribution in [0.25, 0.3) is 0 Å². The van der Waals surface area contributed by atoms with Crippen molar-refractivity contribution in [3.8, 4) is 0 Å². The molecule has 0 aliphatic carbocycles. The van der Waals surface area contributed by atoms with Gasteiger partial charge in [0.25, 0.3) is 0 Å². The maximum atomic E-state index is 11.9. The maximum absolute atomic E-state index is 11.9. The first-order chi connectivity index (χ1) is 9.88. The van der Waals surface area contributed by atoms with Crippen molar-refractivity contribution in [1.82, 2.24) is 20.4 Å². The summed E-state index contributed by atoms with van der Waals surface area (Å²) in [5.41, 5.74) is 0. The van der Waals surface area contributed by atoms with Gasteiger partial charge in [0.1, 0.15) is 0 Å². The summed E-state index contributed by atoms with van der Waals surface area (Å²) in [5, 5.41) is 14.2. The molecule has 0 unspecified atom stereocenters. The first-order valence-electron chi connectivity index (χ1n) is 7.14. The van der Waals surface area contributed by atoms with Crippen LogP contribution in [-0.4, -0.2) is 78.1 Å². The molecule has 0 saturated carbocycles. The Bertz CT molecular complexity index is 378. The molecular formula is C13H24N4O4. The van der Waals surface area contributed by atoms with Crippen LogP contribution in [0.4, 0.5) is 4.79 Å². The Kier molecular flexibility index (Phi) is 6.93. The van der Waals surface area contributed by atoms with Gasteiger partial charge in [-0.05, 0) is 13.8 Å². The average molecular weight is 300 g/mol. The van der Waals surface area contributed by atoms with Crippen LogP contribution in [0.3, 0.4) is 0 Å².